The molecule has 3 rings (SSSR count). The first-order chi connectivity index (χ1) is 13.7. The van der Waals surface area contributed by atoms with Crippen LogP contribution in [0.4, 0.5) is 0 Å². The topological polar surface area (TPSA) is 57.1 Å². The Balaban J connectivity index is 1.76. The lowest BCUT2D eigenvalue weighted by atomic mass is 10.0. The summed E-state index contributed by atoms with van der Waals surface area (Å²) in [4.78, 5) is 0. The molecule has 1 aliphatic rings. The summed E-state index contributed by atoms with van der Waals surface area (Å²) in [5.41, 5.74) is 4.92. The van der Waals surface area contributed by atoms with E-state index in [0.29, 0.717) is 12.2 Å². The predicted octanol–water partition coefficient (Wildman–Crippen LogP) is 3.91. The highest BCUT2D eigenvalue weighted by Gasteiger charge is 2.15. The molecular formula is C24H27N3O. The van der Waals surface area contributed by atoms with Crippen molar-refractivity contribution in [3.63, 3.8) is 0 Å². The Bertz CT molecular complexity index is 891. The Morgan fingerprint density at radius 3 is 2.82 bits per heavy atom. The van der Waals surface area contributed by atoms with Crippen LogP contribution in [-0.4, -0.2) is 26.2 Å². The normalized spacial score (nSPS) is 13.9. The van der Waals surface area contributed by atoms with Crippen molar-refractivity contribution >= 4 is 12.2 Å². The van der Waals surface area contributed by atoms with E-state index in [0.717, 1.165) is 54.5 Å². The Morgan fingerprint density at radius 2 is 2.11 bits per heavy atom. The van der Waals surface area contributed by atoms with Gasteiger partial charge in [0.1, 0.15) is 12.4 Å². The second-order valence-electron chi connectivity index (χ2n) is 7.20. The molecule has 0 aromatic heterocycles. The number of hydrogen-bond donors (Lipinski definition) is 2. The first kappa shape index (κ1) is 19.9. The number of benzene rings is 2. The Morgan fingerprint density at radius 1 is 1.25 bits per heavy atom. The average Bonchev–Trinajstić information content (AvgIpc) is 2.67. The summed E-state index contributed by atoms with van der Waals surface area (Å²) in [7, 11) is 0. The lowest BCUT2D eigenvalue weighted by molar-refractivity contribution is 0.331. The van der Waals surface area contributed by atoms with Crippen molar-refractivity contribution in [1.82, 2.24) is 10.6 Å². The fourth-order valence-corrected chi connectivity index (χ4v) is 3.13. The molecule has 144 valence electrons. The first-order valence-corrected chi connectivity index (χ1v) is 9.66. The first-order valence-electron chi connectivity index (χ1n) is 9.66. The maximum Gasteiger partial charge on any atom is 0.120 e. The maximum atomic E-state index is 9.37. The predicted molar refractivity (Wildman–Crippen MR) is 115 cm³/mol. The number of nitrogens with zero attached hydrogens (tertiary/aromatic N) is 1. The zero-order valence-corrected chi connectivity index (χ0v) is 16.4. The molecule has 0 saturated carbocycles. The van der Waals surface area contributed by atoms with E-state index in [2.05, 4.69) is 35.4 Å². The second kappa shape index (κ2) is 9.89. The fraction of sp³-hybridized carbons (Fsp3) is 0.292. The largest absolute Gasteiger partial charge is 0.490 e. The van der Waals surface area contributed by atoms with Crippen molar-refractivity contribution < 1.29 is 4.74 Å². The Hall–Kier alpha value is -2.87. The fourth-order valence-electron chi connectivity index (χ4n) is 3.13. The lowest BCUT2D eigenvalue weighted by Gasteiger charge is -2.27. The average molecular weight is 374 g/mol. The van der Waals surface area contributed by atoms with Crippen LogP contribution in [0.2, 0.25) is 0 Å². The van der Waals surface area contributed by atoms with Crippen LogP contribution >= 0.6 is 0 Å². The third-order valence-corrected chi connectivity index (χ3v) is 4.77. The van der Waals surface area contributed by atoms with Crippen LogP contribution in [-0.2, 0) is 6.54 Å². The molecule has 1 aliphatic heterocycles. The number of aryl methyl sites for hydroxylation is 1. The van der Waals surface area contributed by atoms with Crippen LogP contribution in [0.25, 0.3) is 12.2 Å². The summed E-state index contributed by atoms with van der Waals surface area (Å²) in [6, 6.07) is 14.4. The van der Waals surface area contributed by atoms with Gasteiger partial charge in [-0.1, -0.05) is 43.0 Å². The van der Waals surface area contributed by atoms with Gasteiger partial charge in [-0.25, -0.2) is 0 Å². The van der Waals surface area contributed by atoms with E-state index >= 15 is 0 Å². The Labute approximate surface area is 167 Å². The van der Waals surface area contributed by atoms with E-state index < -0.39 is 0 Å². The van der Waals surface area contributed by atoms with Gasteiger partial charge in [0.2, 0.25) is 0 Å². The molecule has 1 saturated heterocycles. The van der Waals surface area contributed by atoms with Crippen LogP contribution in [0.1, 0.15) is 27.8 Å². The summed E-state index contributed by atoms with van der Waals surface area (Å²) in [5, 5.41) is 16.2. The summed E-state index contributed by atoms with van der Waals surface area (Å²) < 4.78 is 5.77. The van der Waals surface area contributed by atoms with Gasteiger partial charge in [-0.2, -0.15) is 5.26 Å². The molecule has 0 unspecified atom stereocenters. The minimum Gasteiger partial charge on any atom is -0.490 e. The molecule has 0 spiro atoms. The van der Waals surface area contributed by atoms with Crippen molar-refractivity contribution in [2.24, 2.45) is 5.92 Å². The third kappa shape index (κ3) is 5.56. The van der Waals surface area contributed by atoms with E-state index in [-0.39, 0.29) is 0 Å². The highest BCUT2D eigenvalue weighted by atomic mass is 16.5. The van der Waals surface area contributed by atoms with E-state index in [1.165, 1.54) is 5.56 Å². The van der Waals surface area contributed by atoms with Gasteiger partial charge in [0.15, 0.2) is 0 Å². The highest BCUT2D eigenvalue weighted by molar-refractivity contribution is 5.73. The smallest absolute Gasteiger partial charge is 0.120 e. The molecule has 2 N–H and O–H groups in total. The van der Waals surface area contributed by atoms with Gasteiger partial charge in [-0.3, -0.25) is 0 Å². The minimum absolute atomic E-state index is 0.477. The standard InChI is InChI=1S/C24H27N3O/c1-3-8-28-24-11-19(5-7-22-6-4-18(2)9-23(22)13-25)10-20(12-24)14-26-15-21-16-27-17-21/h3-7,9-12,21,26-27H,1,8,14-17H2,2H3/b7-5+. The monoisotopic (exact) mass is 373 g/mol. The van der Waals surface area contributed by atoms with E-state index in [1.807, 2.05) is 43.3 Å². The van der Waals surface area contributed by atoms with Gasteiger partial charge < -0.3 is 15.4 Å². The molecule has 2 aromatic rings. The van der Waals surface area contributed by atoms with Crippen LogP contribution in [0.15, 0.2) is 49.1 Å². The van der Waals surface area contributed by atoms with Crippen LogP contribution in [0, 0.1) is 24.2 Å². The Kier molecular flexibility index (Phi) is 7.02. The van der Waals surface area contributed by atoms with Crippen molar-refractivity contribution in [1.29, 1.82) is 5.26 Å². The molecule has 0 radical (unpaired) electrons. The van der Waals surface area contributed by atoms with Gasteiger partial charge in [-0.05, 0) is 53.3 Å². The van der Waals surface area contributed by atoms with Crippen molar-refractivity contribution in [2.75, 3.05) is 26.2 Å². The number of ether oxygens (including phenoxy) is 1. The third-order valence-electron chi connectivity index (χ3n) is 4.77. The molecule has 4 heteroatoms. The summed E-state index contributed by atoms with van der Waals surface area (Å²) in [6.07, 6.45) is 5.77. The molecule has 0 bridgehead atoms. The second-order valence-corrected chi connectivity index (χ2v) is 7.20. The van der Waals surface area contributed by atoms with Crippen molar-refractivity contribution in [3.05, 3.63) is 76.9 Å². The van der Waals surface area contributed by atoms with Crippen molar-refractivity contribution in [2.45, 2.75) is 13.5 Å². The summed E-state index contributed by atoms with van der Waals surface area (Å²) in [6.45, 7) is 10.2. The zero-order chi connectivity index (χ0) is 19.8. The molecule has 0 atom stereocenters. The minimum atomic E-state index is 0.477. The summed E-state index contributed by atoms with van der Waals surface area (Å²) in [5.74, 6) is 1.55. The molecule has 28 heavy (non-hydrogen) atoms. The maximum absolute atomic E-state index is 9.37. The number of nitriles is 1. The van der Waals surface area contributed by atoms with Gasteiger partial charge in [0, 0.05) is 26.2 Å². The number of nitrogens with one attached hydrogen (secondary N) is 2. The van der Waals surface area contributed by atoms with Crippen LogP contribution in [0.3, 0.4) is 0 Å². The molecule has 1 fully saturated rings. The zero-order valence-electron chi connectivity index (χ0n) is 16.4. The van der Waals surface area contributed by atoms with E-state index in [4.69, 9.17) is 4.74 Å². The quantitative estimate of drug-likeness (QED) is 0.517. The van der Waals surface area contributed by atoms with E-state index in [9.17, 15) is 5.26 Å². The SMILES string of the molecule is C=CCOc1cc(/C=C/c2ccc(C)cc2C#N)cc(CNCC2CNC2)c1. The molecule has 0 amide bonds. The molecule has 0 aliphatic carbocycles. The highest BCUT2D eigenvalue weighted by Crippen LogP contribution is 2.21. The lowest BCUT2D eigenvalue weighted by Crippen LogP contribution is -2.47. The van der Waals surface area contributed by atoms with Gasteiger partial charge in [0.25, 0.3) is 0 Å². The van der Waals surface area contributed by atoms with Crippen LogP contribution < -0.4 is 15.4 Å². The molecule has 1 heterocycles. The molecular weight excluding hydrogens is 346 g/mol. The van der Waals surface area contributed by atoms with Gasteiger partial charge in [0.05, 0.1) is 11.6 Å². The van der Waals surface area contributed by atoms with Crippen LogP contribution in [0.5, 0.6) is 5.75 Å². The van der Waals surface area contributed by atoms with E-state index in [1.54, 1.807) is 6.08 Å². The van der Waals surface area contributed by atoms with Gasteiger partial charge in [-0.15, -0.1) is 0 Å². The molecule has 4 nitrogen and oxygen atoms in total. The van der Waals surface area contributed by atoms with Gasteiger partial charge >= 0.3 is 0 Å². The summed E-state index contributed by atoms with van der Waals surface area (Å²) >= 11 is 0. The number of rotatable bonds is 9. The molecule has 2 aromatic carbocycles. The van der Waals surface area contributed by atoms with Crippen molar-refractivity contribution in [3.8, 4) is 11.8 Å². The number of hydrogen-bond acceptors (Lipinski definition) is 4.